The Morgan fingerprint density at radius 3 is 2.57 bits per heavy atom. The van der Waals surface area contributed by atoms with Crippen molar-refractivity contribution in [2.75, 3.05) is 11.4 Å². The van der Waals surface area contributed by atoms with Crippen molar-refractivity contribution in [2.45, 2.75) is 45.4 Å². The normalized spacial score (nSPS) is 13.7. The van der Waals surface area contributed by atoms with Crippen LogP contribution in [0.15, 0.2) is 24.3 Å². The lowest BCUT2D eigenvalue weighted by atomic mass is 10.1. The SMILES string of the molecule is CCCCCCC(=O)CCN1C(=O)C(=O)c2ccccc21. The molecule has 0 unspecified atom stereocenters. The molecule has 0 bridgehead atoms. The number of anilines is 1. The summed E-state index contributed by atoms with van der Waals surface area (Å²) in [5.74, 6) is -0.827. The number of amides is 1. The van der Waals surface area contributed by atoms with E-state index in [1.54, 1.807) is 24.3 Å². The van der Waals surface area contributed by atoms with Crippen LogP contribution in [0.1, 0.15) is 55.8 Å². The number of fused-ring (bicyclic) bond motifs is 1. The lowest BCUT2D eigenvalue weighted by Crippen LogP contribution is -2.31. The highest BCUT2D eigenvalue weighted by molar-refractivity contribution is 6.52. The average molecular weight is 287 g/mol. The Morgan fingerprint density at radius 1 is 1.05 bits per heavy atom. The lowest BCUT2D eigenvalue weighted by molar-refractivity contribution is -0.119. The van der Waals surface area contributed by atoms with Crippen LogP contribution in [0.25, 0.3) is 0 Å². The van der Waals surface area contributed by atoms with Gasteiger partial charge in [0.25, 0.3) is 11.7 Å². The fourth-order valence-electron chi connectivity index (χ4n) is 2.58. The number of carbonyl (C=O) groups excluding carboxylic acids is 3. The molecular weight excluding hydrogens is 266 g/mol. The molecule has 0 fully saturated rings. The Labute approximate surface area is 125 Å². The van der Waals surface area contributed by atoms with Crippen LogP contribution in [-0.2, 0) is 9.59 Å². The van der Waals surface area contributed by atoms with Gasteiger partial charge in [0.15, 0.2) is 0 Å². The zero-order valence-corrected chi connectivity index (χ0v) is 12.4. The quantitative estimate of drug-likeness (QED) is 0.545. The molecule has 0 aromatic heterocycles. The highest BCUT2D eigenvalue weighted by Gasteiger charge is 2.35. The Kier molecular flexibility index (Phi) is 5.26. The van der Waals surface area contributed by atoms with E-state index < -0.39 is 11.7 Å². The highest BCUT2D eigenvalue weighted by Crippen LogP contribution is 2.28. The maximum atomic E-state index is 11.9. The van der Waals surface area contributed by atoms with Gasteiger partial charge in [-0.1, -0.05) is 38.3 Å². The van der Waals surface area contributed by atoms with Gasteiger partial charge in [0.1, 0.15) is 5.78 Å². The van der Waals surface area contributed by atoms with Gasteiger partial charge >= 0.3 is 0 Å². The van der Waals surface area contributed by atoms with Crippen LogP contribution in [0.2, 0.25) is 0 Å². The Hall–Kier alpha value is -1.97. The summed E-state index contributed by atoms with van der Waals surface area (Å²) >= 11 is 0. The predicted octanol–water partition coefficient (Wildman–Crippen LogP) is 3.15. The first-order valence-electron chi connectivity index (χ1n) is 7.62. The summed E-state index contributed by atoms with van der Waals surface area (Å²) in [6, 6.07) is 6.95. The molecule has 1 heterocycles. The van der Waals surface area contributed by atoms with E-state index in [9.17, 15) is 14.4 Å². The zero-order valence-electron chi connectivity index (χ0n) is 12.4. The standard InChI is InChI=1S/C17H21NO3/c1-2-3-4-5-8-13(19)11-12-18-15-10-7-6-9-14(15)16(20)17(18)21/h6-7,9-10H,2-5,8,11-12H2,1H3. The first-order chi connectivity index (χ1) is 10.1. The molecule has 1 aromatic carbocycles. The number of benzene rings is 1. The third-order valence-electron chi connectivity index (χ3n) is 3.80. The summed E-state index contributed by atoms with van der Waals surface area (Å²) in [6.07, 6.45) is 5.18. The minimum Gasteiger partial charge on any atom is -0.304 e. The van der Waals surface area contributed by atoms with E-state index in [0.717, 1.165) is 25.7 Å². The fraction of sp³-hybridized carbons (Fsp3) is 0.471. The first kappa shape index (κ1) is 15.4. The second-order valence-corrected chi connectivity index (χ2v) is 5.40. The van der Waals surface area contributed by atoms with Crippen LogP contribution in [0.3, 0.4) is 0 Å². The molecule has 0 radical (unpaired) electrons. The van der Waals surface area contributed by atoms with Crippen molar-refractivity contribution >= 4 is 23.2 Å². The Morgan fingerprint density at radius 2 is 1.81 bits per heavy atom. The number of carbonyl (C=O) groups is 3. The van der Waals surface area contributed by atoms with E-state index in [4.69, 9.17) is 0 Å². The monoisotopic (exact) mass is 287 g/mol. The molecule has 21 heavy (non-hydrogen) atoms. The average Bonchev–Trinajstić information content (AvgIpc) is 2.74. The van der Waals surface area contributed by atoms with Crippen LogP contribution in [0.5, 0.6) is 0 Å². The van der Waals surface area contributed by atoms with Crippen LogP contribution in [0, 0.1) is 0 Å². The zero-order chi connectivity index (χ0) is 15.2. The maximum Gasteiger partial charge on any atom is 0.299 e. The molecule has 0 spiro atoms. The second-order valence-electron chi connectivity index (χ2n) is 5.40. The van der Waals surface area contributed by atoms with Crippen molar-refractivity contribution in [1.29, 1.82) is 0 Å². The molecule has 0 saturated heterocycles. The third kappa shape index (κ3) is 3.57. The van der Waals surface area contributed by atoms with Crippen molar-refractivity contribution < 1.29 is 14.4 Å². The van der Waals surface area contributed by atoms with Crippen molar-refractivity contribution in [3.05, 3.63) is 29.8 Å². The van der Waals surface area contributed by atoms with E-state index >= 15 is 0 Å². The van der Waals surface area contributed by atoms with Crippen molar-refractivity contribution in [3.63, 3.8) is 0 Å². The molecule has 1 aromatic rings. The number of rotatable bonds is 8. The molecule has 1 amide bonds. The van der Waals surface area contributed by atoms with E-state index in [0.29, 0.717) is 30.6 Å². The summed E-state index contributed by atoms with van der Waals surface area (Å²) in [6.45, 7) is 2.43. The van der Waals surface area contributed by atoms with Crippen LogP contribution < -0.4 is 4.90 Å². The molecule has 1 aliphatic heterocycles. The lowest BCUT2D eigenvalue weighted by Gasteiger charge is -2.15. The summed E-state index contributed by atoms with van der Waals surface area (Å²) < 4.78 is 0. The van der Waals surface area contributed by atoms with Gasteiger partial charge in [0, 0.05) is 19.4 Å². The van der Waals surface area contributed by atoms with Gasteiger partial charge < -0.3 is 4.90 Å². The topological polar surface area (TPSA) is 54.5 Å². The van der Waals surface area contributed by atoms with Gasteiger partial charge in [-0.3, -0.25) is 14.4 Å². The number of para-hydroxylation sites is 1. The van der Waals surface area contributed by atoms with E-state index in [1.165, 1.54) is 4.90 Å². The molecule has 0 aliphatic carbocycles. The van der Waals surface area contributed by atoms with Gasteiger partial charge in [0.2, 0.25) is 0 Å². The van der Waals surface area contributed by atoms with Gasteiger partial charge in [-0.2, -0.15) is 0 Å². The van der Waals surface area contributed by atoms with Gasteiger partial charge in [-0.15, -0.1) is 0 Å². The summed E-state index contributed by atoms with van der Waals surface area (Å²) in [5.41, 5.74) is 1.07. The predicted molar refractivity (Wildman–Crippen MR) is 81.5 cm³/mol. The van der Waals surface area contributed by atoms with Crippen LogP contribution >= 0.6 is 0 Å². The molecule has 4 heteroatoms. The fourth-order valence-corrected chi connectivity index (χ4v) is 2.58. The summed E-state index contributed by atoms with van der Waals surface area (Å²) in [5, 5.41) is 0. The molecule has 0 atom stereocenters. The number of hydrogen-bond donors (Lipinski definition) is 0. The maximum absolute atomic E-state index is 11.9. The number of ketones is 2. The van der Waals surface area contributed by atoms with Crippen LogP contribution in [-0.4, -0.2) is 24.0 Å². The molecule has 2 rings (SSSR count). The van der Waals surface area contributed by atoms with Gasteiger partial charge in [-0.05, 0) is 18.6 Å². The number of nitrogens with zero attached hydrogens (tertiary/aromatic N) is 1. The Bertz CT molecular complexity index is 551. The molecule has 1 aliphatic rings. The summed E-state index contributed by atoms with van der Waals surface area (Å²) in [4.78, 5) is 37.0. The number of hydrogen-bond acceptors (Lipinski definition) is 3. The molecule has 0 N–H and O–H groups in total. The van der Waals surface area contributed by atoms with E-state index in [-0.39, 0.29) is 5.78 Å². The third-order valence-corrected chi connectivity index (χ3v) is 3.80. The Balaban J connectivity index is 1.88. The highest BCUT2D eigenvalue weighted by atomic mass is 16.2. The van der Waals surface area contributed by atoms with Crippen LogP contribution in [0.4, 0.5) is 5.69 Å². The molecule has 4 nitrogen and oxygen atoms in total. The molecular formula is C17H21NO3. The number of unbranched alkanes of at least 4 members (excludes halogenated alkanes) is 3. The first-order valence-corrected chi connectivity index (χ1v) is 7.62. The smallest absolute Gasteiger partial charge is 0.299 e. The minimum atomic E-state index is -0.519. The van der Waals surface area contributed by atoms with E-state index in [1.807, 2.05) is 0 Å². The largest absolute Gasteiger partial charge is 0.304 e. The van der Waals surface area contributed by atoms with Crippen molar-refractivity contribution in [2.24, 2.45) is 0 Å². The second kappa shape index (κ2) is 7.16. The molecule has 0 saturated carbocycles. The minimum absolute atomic E-state index is 0.163. The van der Waals surface area contributed by atoms with E-state index in [2.05, 4.69) is 6.92 Å². The van der Waals surface area contributed by atoms with Crippen molar-refractivity contribution in [3.8, 4) is 0 Å². The van der Waals surface area contributed by atoms with Gasteiger partial charge in [-0.25, -0.2) is 0 Å². The summed E-state index contributed by atoms with van der Waals surface area (Å²) in [7, 11) is 0. The molecule has 112 valence electrons. The number of Topliss-reactive ketones (excluding diaryl/α,β-unsaturated/α-hetero) is 2. The van der Waals surface area contributed by atoms with Crippen molar-refractivity contribution in [1.82, 2.24) is 0 Å². The van der Waals surface area contributed by atoms with Gasteiger partial charge in [0.05, 0.1) is 11.3 Å².